The fourth-order valence-electron chi connectivity index (χ4n) is 6.59. The van der Waals surface area contributed by atoms with Crippen molar-refractivity contribution in [1.29, 1.82) is 5.26 Å². The Bertz CT molecular complexity index is 1470. The van der Waals surface area contributed by atoms with Crippen molar-refractivity contribution in [2.24, 2.45) is 0 Å². The molecule has 3 aromatic rings. The van der Waals surface area contributed by atoms with Gasteiger partial charge in [0.05, 0.1) is 30.8 Å². The van der Waals surface area contributed by atoms with Gasteiger partial charge in [-0.1, -0.05) is 49.4 Å². The maximum atomic E-state index is 12.5. The predicted octanol–water partition coefficient (Wildman–Crippen LogP) is 4.17. The zero-order valence-electron chi connectivity index (χ0n) is 24.2. The largest absolute Gasteiger partial charge is 0.462 e. The van der Waals surface area contributed by atoms with Crippen molar-refractivity contribution >= 4 is 28.2 Å². The van der Waals surface area contributed by atoms with E-state index in [4.69, 9.17) is 14.7 Å². The van der Waals surface area contributed by atoms with Crippen molar-refractivity contribution < 1.29 is 9.53 Å². The fraction of sp³-hybridized carbons (Fsp3) is 0.455. The minimum atomic E-state index is -0.223. The van der Waals surface area contributed by atoms with Crippen LogP contribution in [0.5, 0.6) is 6.01 Å². The van der Waals surface area contributed by atoms with Gasteiger partial charge in [-0.15, -0.1) is 0 Å². The Hall–Kier alpha value is -4.16. The molecule has 42 heavy (non-hydrogen) atoms. The SMILES string of the molecule is C=CC(=O)N1CCN(c2nc(OCCN3CCCCC3)nc3c2CCN(c2cccc4ccccc24)C3)CC1CC#N. The van der Waals surface area contributed by atoms with Crippen molar-refractivity contribution in [3.63, 3.8) is 0 Å². The summed E-state index contributed by atoms with van der Waals surface area (Å²) in [4.78, 5) is 31.3. The Balaban J connectivity index is 1.29. The second-order valence-corrected chi connectivity index (χ2v) is 11.4. The molecular weight excluding hydrogens is 526 g/mol. The first kappa shape index (κ1) is 28.0. The molecule has 1 unspecified atom stereocenters. The molecule has 1 amide bonds. The van der Waals surface area contributed by atoms with Crippen LogP contribution in [0.1, 0.15) is 36.9 Å². The Morgan fingerprint density at radius 1 is 1.02 bits per heavy atom. The Morgan fingerprint density at radius 3 is 2.69 bits per heavy atom. The number of anilines is 2. The van der Waals surface area contributed by atoms with Gasteiger partial charge in [0.15, 0.2) is 0 Å². The molecule has 3 aliphatic heterocycles. The summed E-state index contributed by atoms with van der Waals surface area (Å²) < 4.78 is 6.23. The van der Waals surface area contributed by atoms with E-state index in [0.717, 1.165) is 49.7 Å². The summed E-state index contributed by atoms with van der Waals surface area (Å²) in [7, 11) is 0. The predicted molar refractivity (Wildman–Crippen MR) is 165 cm³/mol. The van der Waals surface area contributed by atoms with Crippen LogP contribution in [0.25, 0.3) is 10.8 Å². The number of rotatable bonds is 8. The maximum absolute atomic E-state index is 12.5. The van der Waals surface area contributed by atoms with Gasteiger partial charge >= 0.3 is 6.01 Å². The van der Waals surface area contributed by atoms with Gasteiger partial charge in [0.25, 0.3) is 0 Å². The highest BCUT2D eigenvalue weighted by molar-refractivity contribution is 5.94. The summed E-state index contributed by atoms with van der Waals surface area (Å²) >= 11 is 0. The minimum absolute atomic E-state index is 0.132. The van der Waals surface area contributed by atoms with Gasteiger partial charge in [-0.2, -0.15) is 15.2 Å². The number of carbonyl (C=O) groups excluding carboxylic acids is 1. The van der Waals surface area contributed by atoms with Crippen molar-refractivity contribution in [3.8, 4) is 12.1 Å². The third-order valence-electron chi connectivity index (χ3n) is 8.78. The standard InChI is InChI=1S/C33H39N7O2/c1-2-31(41)40-20-19-39(23-26(40)13-15-34)32-28-14-18-38(30-12-8-10-25-9-4-5-11-27(25)30)24-29(28)35-33(36-32)42-22-21-37-16-6-3-7-17-37/h2,4-5,8-12,26H,1,3,6-7,13-14,16-24H2. The molecule has 2 saturated heterocycles. The molecule has 9 heteroatoms. The molecule has 0 saturated carbocycles. The summed E-state index contributed by atoms with van der Waals surface area (Å²) in [6.07, 6.45) is 6.19. The molecule has 0 spiro atoms. The number of nitrogens with zero attached hydrogens (tertiary/aromatic N) is 7. The molecule has 0 N–H and O–H groups in total. The topological polar surface area (TPSA) is 88.8 Å². The van der Waals surface area contributed by atoms with Crippen molar-refractivity contribution in [2.45, 2.75) is 44.7 Å². The molecule has 0 aliphatic carbocycles. The molecule has 0 bridgehead atoms. The molecule has 3 aliphatic rings. The van der Waals surface area contributed by atoms with E-state index in [1.165, 1.54) is 41.8 Å². The van der Waals surface area contributed by atoms with Crippen molar-refractivity contribution in [2.75, 3.05) is 62.2 Å². The number of hydrogen-bond acceptors (Lipinski definition) is 8. The van der Waals surface area contributed by atoms with E-state index in [2.05, 4.69) is 69.8 Å². The van der Waals surface area contributed by atoms with Crippen LogP contribution in [0.2, 0.25) is 0 Å². The lowest BCUT2D eigenvalue weighted by Crippen LogP contribution is -2.55. The van der Waals surface area contributed by atoms with E-state index < -0.39 is 0 Å². The summed E-state index contributed by atoms with van der Waals surface area (Å²) in [6, 6.07) is 17.4. The van der Waals surface area contributed by atoms with Crippen molar-refractivity contribution in [1.82, 2.24) is 19.8 Å². The Morgan fingerprint density at radius 2 is 1.86 bits per heavy atom. The summed E-state index contributed by atoms with van der Waals surface area (Å²) in [5.74, 6) is 0.742. The Labute approximate surface area is 248 Å². The minimum Gasteiger partial charge on any atom is -0.462 e. The summed E-state index contributed by atoms with van der Waals surface area (Å²) in [6.45, 7) is 10.5. The molecule has 2 fully saturated rings. The van der Waals surface area contributed by atoms with Gasteiger partial charge in [-0.3, -0.25) is 9.69 Å². The average Bonchev–Trinajstić information content (AvgIpc) is 3.04. The molecule has 2 aromatic carbocycles. The highest BCUT2D eigenvalue weighted by Crippen LogP contribution is 2.34. The monoisotopic (exact) mass is 565 g/mol. The lowest BCUT2D eigenvalue weighted by molar-refractivity contribution is -0.128. The van der Waals surface area contributed by atoms with Crippen LogP contribution in [0.4, 0.5) is 11.5 Å². The normalized spacial score (nSPS) is 19.3. The zero-order valence-corrected chi connectivity index (χ0v) is 24.2. The van der Waals surface area contributed by atoms with E-state index in [9.17, 15) is 10.1 Å². The number of piperazine rings is 1. The number of ether oxygens (including phenoxy) is 1. The first-order chi connectivity index (χ1) is 20.6. The molecular formula is C33H39N7O2. The number of nitriles is 1. The molecule has 9 nitrogen and oxygen atoms in total. The van der Waals surface area contributed by atoms with Gasteiger partial charge in [0, 0.05) is 49.4 Å². The second kappa shape index (κ2) is 12.8. The first-order valence-corrected chi connectivity index (χ1v) is 15.2. The van der Waals surface area contributed by atoms with Crippen molar-refractivity contribution in [3.05, 3.63) is 66.4 Å². The molecule has 6 rings (SSSR count). The summed E-state index contributed by atoms with van der Waals surface area (Å²) in [5, 5.41) is 12.0. The molecule has 4 heterocycles. The van der Waals surface area contributed by atoms with Crippen LogP contribution in [-0.2, 0) is 17.8 Å². The van der Waals surface area contributed by atoms with E-state index in [1.54, 1.807) is 4.90 Å². The lowest BCUT2D eigenvalue weighted by atomic mass is 10.0. The smallest absolute Gasteiger partial charge is 0.318 e. The number of piperidine rings is 1. The number of fused-ring (bicyclic) bond motifs is 2. The number of aromatic nitrogens is 2. The third-order valence-corrected chi connectivity index (χ3v) is 8.78. The van der Waals surface area contributed by atoms with Gasteiger partial charge < -0.3 is 19.4 Å². The number of amides is 1. The quantitative estimate of drug-likeness (QED) is 0.376. The fourth-order valence-corrected chi connectivity index (χ4v) is 6.59. The lowest BCUT2D eigenvalue weighted by Gasteiger charge is -2.42. The van der Waals surface area contributed by atoms with Crippen LogP contribution in [0.15, 0.2) is 55.1 Å². The number of carbonyl (C=O) groups is 1. The highest BCUT2D eigenvalue weighted by Gasteiger charge is 2.33. The average molecular weight is 566 g/mol. The molecule has 218 valence electrons. The maximum Gasteiger partial charge on any atom is 0.318 e. The number of likely N-dealkylation sites (tertiary alicyclic amines) is 1. The van der Waals surface area contributed by atoms with Gasteiger partial charge in [0.1, 0.15) is 12.4 Å². The molecule has 0 radical (unpaired) electrons. The highest BCUT2D eigenvalue weighted by atomic mass is 16.5. The zero-order chi connectivity index (χ0) is 28.9. The molecule has 1 aromatic heterocycles. The summed E-state index contributed by atoms with van der Waals surface area (Å²) in [5.41, 5.74) is 3.32. The van der Waals surface area contributed by atoms with Crippen LogP contribution in [0, 0.1) is 11.3 Å². The van der Waals surface area contributed by atoms with E-state index in [1.807, 2.05) is 0 Å². The van der Waals surface area contributed by atoms with Gasteiger partial charge in [0.2, 0.25) is 5.91 Å². The number of benzene rings is 2. The van der Waals surface area contributed by atoms with E-state index >= 15 is 0 Å². The van der Waals surface area contributed by atoms with E-state index in [-0.39, 0.29) is 18.4 Å². The second-order valence-electron chi connectivity index (χ2n) is 11.4. The molecule has 1 atom stereocenters. The number of hydrogen-bond donors (Lipinski definition) is 0. The van der Waals surface area contributed by atoms with Gasteiger partial charge in [-0.25, -0.2) is 0 Å². The van der Waals surface area contributed by atoms with Crippen LogP contribution >= 0.6 is 0 Å². The van der Waals surface area contributed by atoms with Crippen LogP contribution < -0.4 is 14.5 Å². The van der Waals surface area contributed by atoms with E-state index in [0.29, 0.717) is 38.8 Å². The van der Waals surface area contributed by atoms with Crippen LogP contribution in [-0.4, -0.2) is 84.1 Å². The third kappa shape index (κ3) is 5.90. The van der Waals surface area contributed by atoms with Crippen LogP contribution in [0.3, 0.4) is 0 Å². The Kier molecular flexibility index (Phi) is 8.52. The van der Waals surface area contributed by atoms with Gasteiger partial charge in [-0.05, 0) is 49.9 Å². The first-order valence-electron chi connectivity index (χ1n) is 15.2.